The second kappa shape index (κ2) is 4.01. The first-order valence-electron chi connectivity index (χ1n) is 4.14. The lowest BCUT2D eigenvalue weighted by Gasteiger charge is -2.24. The first kappa shape index (κ1) is 8.92. The molecular weight excluding hydrogens is 154 g/mol. The Kier molecular flexibility index (Phi) is 2.98. The number of carbonyl (C=O) groups excluding carboxylic acids is 1. The minimum absolute atomic E-state index is 0.00731. The molecule has 1 aliphatic rings. The van der Waals surface area contributed by atoms with E-state index in [1.807, 2.05) is 0 Å². The largest absolute Gasteiger partial charge is 0.446 e. The van der Waals surface area contributed by atoms with Crippen molar-refractivity contribution in [3.8, 4) is 12.3 Å². The molecule has 3 heteroatoms. The van der Waals surface area contributed by atoms with Gasteiger partial charge in [-0.2, -0.15) is 0 Å². The van der Waals surface area contributed by atoms with Crippen molar-refractivity contribution < 1.29 is 9.53 Å². The maximum Gasteiger partial charge on any atom is 0.404 e. The van der Waals surface area contributed by atoms with Crippen LogP contribution in [-0.2, 0) is 4.74 Å². The Morgan fingerprint density at radius 1 is 1.42 bits per heavy atom. The second-order valence-electron chi connectivity index (χ2n) is 3.08. The molecule has 0 spiro atoms. The molecule has 0 aliphatic heterocycles. The highest BCUT2D eigenvalue weighted by Gasteiger charge is 2.21. The zero-order valence-corrected chi connectivity index (χ0v) is 6.95. The molecule has 0 unspecified atom stereocenters. The topological polar surface area (TPSA) is 52.3 Å². The summed E-state index contributed by atoms with van der Waals surface area (Å²) in [6.45, 7) is 0. The third-order valence-corrected chi connectivity index (χ3v) is 2.19. The van der Waals surface area contributed by atoms with E-state index < -0.39 is 6.09 Å². The maximum absolute atomic E-state index is 10.4. The average molecular weight is 167 g/mol. The lowest BCUT2D eigenvalue weighted by molar-refractivity contribution is 0.0769. The molecule has 1 fully saturated rings. The Labute approximate surface area is 72.3 Å². The quantitative estimate of drug-likeness (QED) is 0.598. The fourth-order valence-corrected chi connectivity index (χ4v) is 1.51. The van der Waals surface area contributed by atoms with Crippen molar-refractivity contribution in [2.45, 2.75) is 31.8 Å². The normalized spacial score (nSPS) is 28.9. The molecule has 0 atom stereocenters. The van der Waals surface area contributed by atoms with Crippen molar-refractivity contribution in [3.05, 3.63) is 0 Å². The number of ether oxygens (including phenoxy) is 1. The molecule has 0 aromatic rings. The van der Waals surface area contributed by atoms with Gasteiger partial charge in [-0.05, 0) is 25.7 Å². The van der Waals surface area contributed by atoms with Crippen LogP contribution in [0.3, 0.4) is 0 Å². The molecule has 66 valence electrons. The van der Waals surface area contributed by atoms with Crippen LogP contribution in [0, 0.1) is 18.3 Å². The first-order valence-corrected chi connectivity index (χ1v) is 4.14. The van der Waals surface area contributed by atoms with Gasteiger partial charge in [0.2, 0.25) is 0 Å². The molecule has 0 heterocycles. The highest BCUT2D eigenvalue weighted by atomic mass is 16.6. The highest BCUT2D eigenvalue weighted by Crippen LogP contribution is 2.25. The van der Waals surface area contributed by atoms with E-state index in [1.165, 1.54) is 0 Å². The van der Waals surface area contributed by atoms with Crippen LogP contribution in [0.1, 0.15) is 25.7 Å². The maximum atomic E-state index is 10.4. The fraction of sp³-hybridized carbons (Fsp3) is 0.667. The summed E-state index contributed by atoms with van der Waals surface area (Å²) in [7, 11) is 0. The number of hydrogen-bond acceptors (Lipinski definition) is 2. The molecule has 1 saturated carbocycles. The molecule has 12 heavy (non-hydrogen) atoms. The molecule has 2 N–H and O–H groups in total. The van der Waals surface area contributed by atoms with Gasteiger partial charge in [-0.25, -0.2) is 4.79 Å². The van der Waals surface area contributed by atoms with Gasteiger partial charge in [-0.15, -0.1) is 12.3 Å². The third-order valence-electron chi connectivity index (χ3n) is 2.19. The number of terminal acetylenes is 1. The molecule has 3 nitrogen and oxygen atoms in total. The van der Waals surface area contributed by atoms with E-state index in [4.69, 9.17) is 16.9 Å². The SMILES string of the molecule is C#C[C@H]1CC[C@H](OC(N)=O)CC1. The first-order chi connectivity index (χ1) is 5.72. The van der Waals surface area contributed by atoms with E-state index >= 15 is 0 Å². The van der Waals surface area contributed by atoms with Gasteiger partial charge in [-0.3, -0.25) is 0 Å². The van der Waals surface area contributed by atoms with Gasteiger partial charge in [0, 0.05) is 5.92 Å². The molecule has 1 rings (SSSR count). The molecule has 0 bridgehead atoms. The summed E-state index contributed by atoms with van der Waals surface area (Å²) in [6.07, 6.45) is 8.15. The predicted molar refractivity (Wildman–Crippen MR) is 45.2 cm³/mol. The summed E-state index contributed by atoms with van der Waals surface area (Å²) in [5.74, 6) is 3.07. The molecule has 1 amide bonds. The lowest BCUT2D eigenvalue weighted by atomic mass is 9.88. The molecule has 0 radical (unpaired) electrons. The molecule has 0 saturated heterocycles. The number of carbonyl (C=O) groups is 1. The number of nitrogens with two attached hydrogens (primary N) is 1. The summed E-state index contributed by atoms with van der Waals surface area (Å²) >= 11 is 0. The molecular formula is C9H13NO2. The van der Waals surface area contributed by atoms with Crippen LogP contribution in [0.5, 0.6) is 0 Å². The van der Waals surface area contributed by atoms with Crippen LogP contribution < -0.4 is 5.73 Å². The Hall–Kier alpha value is -1.17. The minimum atomic E-state index is -0.681. The lowest BCUT2D eigenvalue weighted by Crippen LogP contribution is -2.26. The van der Waals surface area contributed by atoms with Crippen LogP contribution in [-0.4, -0.2) is 12.2 Å². The van der Waals surface area contributed by atoms with Crippen molar-refractivity contribution in [1.82, 2.24) is 0 Å². The van der Waals surface area contributed by atoms with E-state index in [0.717, 1.165) is 25.7 Å². The smallest absolute Gasteiger partial charge is 0.404 e. The van der Waals surface area contributed by atoms with Crippen LogP contribution in [0.4, 0.5) is 4.79 Å². The van der Waals surface area contributed by atoms with Crippen molar-refractivity contribution in [2.24, 2.45) is 11.7 Å². The van der Waals surface area contributed by atoms with Gasteiger partial charge >= 0.3 is 6.09 Å². The Balaban J connectivity index is 2.27. The van der Waals surface area contributed by atoms with Gasteiger partial charge in [0.1, 0.15) is 6.10 Å². The zero-order chi connectivity index (χ0) is 8.97. The van der Waals surface area contributed by atoms with Gasteiger partial charge in [0.25, 0.3) is 0 Å². The van der Waals surface area contributed by atoms with E-state index in [-0.39, 0.29) is 6.10 Å². The summed E-state index contributed by atoms with van der Waals surface area (Å²) in [6, 6.07) is 0. The van der Waals surface area contributed by atoms with Gasteiger partial charge in [-0.1, -0.05) is 0 Å². The van der Waals surface area contributed by atoms with Crippen LogP contribution in [0.25, 0.3) is 0 Å². The standard InChI is InChI=1S/C9H13NO2/c1-2-7-3-5-8(6-4-7)12-9(10)11/h1,7-8H,3-6H2,(H2,10,11)/t7-,8-. The van der Waals surface area contributed by atoms with E-state index in [2.05, 4.69) is 5.92 Å². The van der Waals surface area contributed by atoms with Crippen molar-refractivity contribution in [1.29, 1.82) is 0 Å². The predicted octanol–water partition coefficient (Wildman–Crippen LogP) is 1.27. The molecule has 0 aromatic carbocycles. The second-order valence-corrected chi connectivity index (χ2v) is 3.08. The number of hydrogen-bond donors (Lipinski definition) is 1. The van der Waals surface area contributed by atoms with E-state index in [9.17, 15) is 4.79 Å². The summed E-state index contributed by atoms with van der Waals surface area (Å²) < 4.78 is 4.85. The number of rotatable bonds is 1. The molecule has 1 aliphatic carbocycles. The highest BCUT2D eigenvalue weighted by molar-refractivity contribution is 5.64. The van der Waals surface area contributed by atoms with Crippen molar-refractivity contribution in [3.63, 3.8) is 0 Å². The molecule has 0 aromatic heterocycles. The van der Waals surface area contributed by atoms with Crippen LogP contribution in [0.15, 0.2) is 0 Å². The average Bonchev–Trinajstić information content (AvgIpc) is 2.05. The number of amides is 1. The Morgan fingerprint density at radius 2 is 2.00 bits per heavy atom. The Bertz CT molecular complexity index is 199. The van der Waals surface area contributed by atoms with Gasteiger partial charge < -0.3 is 10.5 Å². The summed E-state index contributed by atoms with van der Waals surface area (Å²) in [4.78, 5) is 10.4. The number of primary amides is 1. The summed E-state index contributed by atoms with van der Waals surface area (Å²) in [5.41, 5.74) is 4.89. The van der Waals surface area contributed by atoms with Crippen molar-refractivity contribution in [2.75, 3.05) is 0 Å². The Morgan fingerprint density at radius 3 is 2.42 bits per heavy atom. The fourth-order valence-electron chi connectivity index (χ4n) is 1.51. The zero-order valence-electron chi connectivity index (χ0n) is 6.95. The van der Waals surface area contributed by atoms with E-state index in [0.29, 0.717) is 5.92 Å². The minimum Gasteiger partial charge on any atom is -0.446 e. The van der Waals surface area contributed by atoms with Crippen LogP contribution >= 0.6 is 0 Å². The van der Waals surface area contributed by atoms with Crippen molar-refractivity contribution >= 4 is 6.09 Å². The van der Waals surface area contributed by atoms with E-state index in [1.54, 1.807) is 0 Å². The van der Waals surface area contributed by atoms with Gasteiger partial charge in [0.05, 0.1) is 0 Å². The van der Waals surface area contributed by atoms with Crippen LogP contribution in [0.2, 0.25) is 0 Å². The summed E-state index contributed by atoms with van der Waals surface area (Å²) in [5, 5.41) is 0. The van der Waals surface area contributed by atoms with Gasteiger partial charge in [0.15, 0.2) is 0 Å². The monoisotopic (exact) mass is 167 g/mol. The third kappa shape index (κ3) is 2.46.